The molecule has 2 aromatic carbocycles. The molecule has 2 amide bonds. The Hall–Kier alpha value is -2.40. The predicted molar refractivity (Wildman–Crippen MR) is 108 cm³/mol. The molecule has 1 fully saturated rings. The van der Waals surface area contributed by atoms with Crippen molar-refractivity contribution < 1.29 is 14.0 Å². The van der Waals surface area contributed by atoms with E-state index in [0.717, 1.165) is 18.4 Å². The molecule has 148 valence electrons. The number of rotatable bonds is 6. The van der Waals surface area contributed by atoms with Gasteiger partial charge in [-0.15, -0.1) is 0 Å². The molecular weight excluding hydrogens is 379 g/mol. The summed E-state index contributed by atoms with van der Waals surface area (Å²) in [5.41, 5.74) is 1.40. The number of halogens is 2. The van der Waals surface area contributed by atoms with Gasteiger partial charge in [0.05, 0.1) is 5.92 Å². The summed E-state index contributed by atoms with van der Waals surface area (Å²) >= 11 is 5.91. The number of hydrogen-bond acceptors (Lipinski definition) is 2. The number of nitrogens with zero attached hydrogens (tertiary/aromatic N) is 1. The fraction of sp³-hybridized carbons (Fsp3) is 0.364. The Balaban J connectivity index is 1.81. The van der Waals surface area contributed by atoms with Crippen LogP contribution in [0.2, 0.25) is 5.02 Å². The van der Waals surface area contributed by atoms with Crippen molar-refractivity contribution >= 4 is 23.4 Å². The minimum absolute atomic E-state index is 0.0609. The van der Waals surface area contributed by atoms with E-state index in [4.69, 9.17) is 11.6 Å². The zero-order valence-electron chi connectivity index (χ0n) is 15.8. The van der Waals surface area contributed by atoms with Gasteiger partial charge in [0.15, 0.2) is 0 Å². The Morgan fingerprint density at radius 2 is 1.79 bits per heavy atom. The third-order valence-corrected chi connectivity index (χ3v) is 5.41. The van der Waals surface area contributed by atoms with E-state index < -0.39 is 0 Å². The molecule has 3 rings (SSSR count). The van der Waals surface area contributed by atoms with Crippen LogP contribution in [0, 0.1) is 11.7 Å². The SMILES string of the molecule is CCCCNC(=O)C1CN(C(=O)c2ccc(Cl)cc2)CC1c1ccc(F)cc1. The predicted octanol–water partition coefficient (Wildman–Crippen LogP) is 4.25. The van der Waals surface area contributed by atoms with Gasteiger partial charge in [0.2, 0.25) is 5.91 Å². The van der Waals surface area contributed by atoms with E-state index in [2.05, 4.69) is 12.2 Å². The second-order valence-electron chi connectivity index (χ2n) is 7.13. The topological polar surface area (TPSA) is 49.4 Å². The smallest absolute Gasteiger partial charge is 0.253 e. The highest BCUT2D eigenvalue weighted by atomic mass is 35.5. The lowest BCUT2D eigenvalue weighted by Crippen LogP contribution is -2.36. The summed E-state index contributed by atoms with van der Waals surface area (Å²) in [7, 11) is 0. The summed E-state index contributed by atoms with van der Waals surface area (Å²) in [5.74, 6) is -1.04. The average Bonchev–Trinajstić information content (AvgIpc) is 3.14. The van der Waals surface area contributed by atoms with Gasteiger partial charge in [-0.1, -0.05) is 37.1 Å². The van der Waals surface area contributed by atoms with Gasteiger partial charge in [-0.2, -0.15) is 0 Å². The van der Waals surface area contributed by atoms with Gasteiger partial charge in [0, 0.05) is 36.1 Å². The normalized spacial score (nSPS) is 18.9. The van der Waals surface area contributed by atoms with Gasteiger partial charge < -0.3 is 10.2 Å². The number of nitrogens with one attached hydrogen (secondary N) is 1. The Labute approximate surface area is 169 Å². The Morgan fingerprint density at radius 1 is 1.11 bits per heavy atom. The lowest BCUT2D eigenvalue weighted by molar-refractivity contribution is -0.124. The molecule has 4 nitrogen and oxygen atoms in total. The van der Waals surface area contributed by atoms with Crippen molar-refractivity contribution in [1.82, 2.24) is 10.2 Å². The second-order valence-corrected chi connectivity index (χ2v) is 7.56. The first-order valence-corrected chi connectivity index (χ1v) is 9.95. The molecule has 0 aliphatic carbocycles. The summed E-state index contributed by atoms with van der Waals surface area (Å²) in [5, 5.41) is 3.54. The lowest BCUT2D eigenvalue weighted by atomic mass is 9.88. The summed E-state index contributed by atoms with van der Waals surface area (Å²) in [6.45, 7) is 3.43. The van der Waals surface area contributed by atoms with Gasteiger partial charge in [-0.25, -0.2) is 4.39 Å². The summed E-state index contributed by atoms with van der Waals surface area (Å²) in [6, 6.07) is 12.9. The first-order valence-electron chi connectivity index (χ1n) is 9.57. The van der Waals surface area contributed by atoms with Crippen molar-refractivity contribution in [2.24, 2.45) is 5.92 Å². The van der Waals surface area contributed by atoms with Gasteiger partial charge >= 0.3 is 0 Å². The molecule has 1 saturated heterocycles. The molecule has 0 radical (unpaired) electrons. The van der Waals surface area contributed by atoms with E-state index in [-0.39, 0.29) is 29.5 Å². The molecule has 1 aliphatic rings. The van der Waals surface area contributed by atoms with Crippen LogP contribution < -0.4 is 5.32 Å². The van der Waals surface area contributed by atoms with Crippen molar-refractivity contribution in [2.75, 3.05) is 19.6 Å². The molecule has 0 saturated carbocycles. The highest BCUT2D eigenvalue weighted by Crippen LogP contribution is 2.34. The van der Waals surface area contributed by atoms with Crippen molar-refractivity contribution in [2.45, 2.75) is 25.7 Å². The summed E-state index contributed by atoms with van der Waals surface area (Å²) < 4.78 is 13.3. The van der Waals surface area contributed by atoms with E-state index in [9.17, 15) is 14.0 Å². The number of likely N-dealkylation sites (tertiary alicyclic amines) is 1. The Kier molecular flexibility index (Phi) is 6.68. The second kappa shape index (κ2) is 9.20. The number of hydrogen-bond donors (Lipinski definition) is 1. The first kappa shape index (κ1) is 20.3. The van der Waals surface area contributed by atoms with Crippen LogP contribution in [-0.2, 0) is 4.79 Å². The number of benzene rings is 2. The Morgan fingerprint density at radius 3 is 2.43 bits per heavy atom. The third-order valence-electron chi connectivity index (χ3n) is 5.16. The van der Waals surface area contributed by atoms with Gasteiger partial charge in [0.1, 0.15) is 5.82 Å². The van der Waals surface area contributed by atoms with Crippen LogP contribution in [-0.4, -0.2) is 36.3 Å². The fourth-order valence-corrected chi connectivity index (χ4v) is 3.70. The Bertz CT molecular complexity index is 823. The standard InChI is InChI=1S/C22H24ClFN2O2/c1-2-3-12-25-21(27)20-14-26(22(28)16-4-8-17(23)9-5-16)13-19(20)15-6-10-18(24)11-7-15/h4-11,19-20H,2-3,12-14H2,1H3,(H,25,27). The van der Waals surface area contributed by atoms with E-state index in [1.807, 2.05) is 0 Å². The van der Waals surface area contributed by atoms with Crippen LogP contribution in [0.5, 0.6) is 0 Å². The number of carbonyl (C=O) groups is 2. The molecule has 6 heteroatoms. The third kappa shape index (κ3) is 4.71. The molecule has 2 unspecified atom stereocenters. The highest BCUT2D eigenvalue weighted by Gasteiger charge is 2.40. The lowest BCUT2D eigenvalue weighted by Gasteiger charge is -2.18. The van der Waals surface area contributed by atoms with Crippen LogP contribution in [0.15, 0.2) is 48.5 Å². The number of amides is 2. The van der Waals surface area contributed by atoms with Gasteiger partial charge in [-0.05, 0) is 48.4 Å². The quantitative estimate of drug-likeness (QED) is 0.734. The maximum Gasteiger partial charge on any atom is 0.253 e. The minimum Gasteiger partial charge on any atom is -0.356 e. The first-order chi connectivity index (χ1) is 13.5. The van der Waals surface area contributed by atoms with Gasteiger partial charge in [-0.3, -0.25) is 9.59 Å². The zero-order chi connectivity index (χ0) is 20.1. The van der Waals surface area contributed by atoms with Gasteiger partial charge in [0.25, 0.3) is 5.91 Å². The van der Waals surface area contributed by atoms with E-state index in [1.165, 1.54) is 12.1 Å². The van der Waals surface area contributed by atoms with Crippen LogP contribution in [0.25, 0.3) is 0 Å². The maximum atomic E-state index is 13.3. The van der Waals surface area contributed by atoms with Crippen LogP contribution in [0.4, 0.5) is 4.39 Å². The molecule has 0 spiro atoms. The maximum absolute atomic E-state index is 13.3. The molecule has 0 aromatic heterocycles. The van der Waals surface area contributed by atoms with E-state index in [1.54, 1.807) is 41.3 Å². The molecule has 1 aliphatic heterocycles. The molecule has 28 heavy (non-hydrogen) atoms. The molecular formula is C22H24ClFN2O2. The van der Waals surface area contributed by atoms with Crippen LogP contribution in [0.1, 0.15) is 41.6 Å². The number of unbranched alkanes of at least 4 members (excludes halogenated alkanes) is 1. The average molecular weight is 403 g/mol. The fourth-order valence-electron chi connectivity index (χ4n) is 3.58. The highest BCUT2D eigenvalue weighted by molar-refractivity contribution is 6.30. The van der Waals surface area contributed by atoms with E-state index in [0.29, 0.717) is 30.2 Å². The van der Waals surface area contributed by atoms with Crippen molar-refractivity contribution in [3.05, 3.63) is 70.5 Å². The summed E-state index contributed by atoms with van der Waals surface area (Å²) in [4.78, 5) is 27.4. The molecule has 2 atom stereocenters. The minimum atomic E-state index is -0.362. The van der Waals surface area contributed by atoms with Crippen LogP contribution in [0.3, 0.4) is 0 Å². The van der Waals surface area contributed by atoms with Crippen molar-refractivity contribution in [3.63, 3.8) is 0 Å². The van der Waals surface area contributed by atoms with Crippen LogP contribution >= 0.6 is 11.6 Å². The molecule has 0 bridgehead atoms. The molecule has 1 N–H and O–H groups in total. The largest absolute Gasteiger partial charge is 0.356 e. The molecule has 1 heterocycles. The monoisotopic (exact) mass is 402 g/mol. The molecule has 2 aromatic rings. The number of carbonyl (C=O) groups excluding carboxylic acids is 2. The summed E-state index contributed by atoms with van der Waals surface area (Å²) in [6.07, 6.45) is 1.90. The van der Waals surface area contributed by atoms with Crippen molar-refractivity contribution in [1.29, 1.82) is 0 Å². The van der Waals surface area contributed by atoms with Crippen molar-refractivity contribution in [3.8, 4) is 0 Å². The van der Waals surface area contributed by atoms with E-state index >= 15 is 0 Å². The zero-order valence-corrected chi connectivity index (χ0v) is 16.6.